The molecular formula is C10H11BrN2O4. The van der Waals surface area contributed by atoms with Crippen LogP contribution < -0.4 is 5.32 Å². The maximum absolute atomic E-state index is 11.7. The Morgan fingerprint density at radius 3 is 2.65 bits per heavy atom. The number of carbonyl (C=O) groups is 2. The third-order valence-corrected chi connectivity index (χ3v) is 2.65. The highest BCUT2D eigenvalue weighted by atomic mass is 79.9. The van der Waals surface area contributed by atoms with Gasteiger partial charge in [-0.2, -0.15) is 0 Å². The van der Waals surface area contributed by atoms with Gasteiger partial charge in [0.15, 0.2) is 6.04 Å². The van der Waals surface area contributed by atoms with E-state index in [1.807, 2.05) is 0 Å². The quantitative estimate of drug-likeness (QED) is 0.748. The van der Waals surface area contributed by atoms with E-state index in [-0.39, 0.29) is 5.69 Å². The van der Waals surface area contributed by atoms with Crippen molar-refractivity contribution in [3.63, 3.8) is 0 Å². The molecule has 3 N–H and O–H groups in total. The molecular weight excluding hydrogens is 292 g/mol. The van der Waals surface area contributed by atoms with Crippen molar-refractivity contribution in [3.05, 3.63) is 28.5 Å². The highest BCUT2D eigenvalue weighted by Crippen LogP contribution is 2.13. The molecule has 2 atom stereocenters. The van der Waals surface area contributed by atoms with Crippen LogP contribution in [-0.2, 0) is 4.79 Å². The lowest BCUT2D eigenvalue weighted by molar-refractivity contribution is -0.141. The highest BCUT2D eigenvalue weighted by Gasteiger charge is 2.26. The van der Waals surface area contributed by atoms with Crippen molar-refractivity contribution >= 4 is 27.8 Å². The molecule has 2 unspecified atom stereocenters. The van der Waals surface area contributed by atoms with Crippen molar-refractivity contribution in [1.82, 2.24) is 10.3 Å². The standard InChI is InChI=1S/C10H11BrN2O4/c1-5(14)7(10(16)17)13-9(15)8-6(11)3-2-4-12-8/h2-5,7,14H,1H3,(H,13,15)(H,16,17). The van der Waals surface area contributed by atoms with E-state index < -0.39 is 24.0 Å². The van der Waals surface area contributed by atoms with Crippen molar-refractivity contribution in [1.29, 1.82) is 0 Å². The third-order valence-electron chi connectivity index (χ3n) is 2.01. The first-order valence-corrected chi connectivity index (χ1v) is 5.55. The molecule has 0 saturated heterocycles. The first-order valence-electron chi connectivity index (χ1n) is 4.75. The summed E-state index contributed by atoms with van der Waals surface area (Å²) in [4.78, 5) is 26.3. The smallest absolute Gasteiger partial charge is 0.328 e. The minimum absolute atomic E-state index is 0.0689. The average Bonchev–Trinajstić information content (AvgIpc) is 2.25. The van der Waals surface area contributed by atoms with E-state index in [1.54, 1.807) is 12.1 Å². The number of halogens is 1. The molecule has 1 aromatic rings. The van der Waals surface area contributed by atoms with Gasteiger partial charge >= 0.3 is 5.97 Å². The van der Waals surface area contributed by atoms with E-state index in [2.05, 4.69) is 26.2 Å². The van der Waals surface area contributed by atoms with Crippen LogP contribution in [0.25, 0.3) is 0 Å². The number of aromatic nitrogens is 1. The lowest BCUT2D eigenvalue weighted by Crippen LogP contribution is -2.47. The molecule has 0 aliphatic heterocycles. The summed E-state index contributed by atoms with van der Waals surface area (Å²) in [5.41, 5.74) is 0.0689. The maximum atomic E-state index is 11.7. The van der Waals surface area contributed by atoms with Crippen LogP contribution in [0.5, 0.6) is 0 Å². The first kappa shape index (κ1) is 13.6. The minimum atomic E-state index is -1.36. The number of carboxylic acids is 1. The van der Waals surface area contributed by atoms with Gasteiger partial charge in [-0.25, -0.2) is 9.78 Å². The number of hydrogen-bond donors (Lipinski definition) is 3. The molecule has 17 heavy (non-hydrogen) atoms. The zero-order valence-electron chi connectivity index (χ0n) is 8.92. The topological polar surface area (TPSA) is 99.5 Å². The summed E-state index contributed by atoms with van der Waals surface area (Å²) in [7, 11) is 0. The Morgan fingerprint density at radius 2 is 2.18 bits per heavy atom. The number of aliphatic hydroxyl groups is 1. The van der Waals surface area contributed by atoms with Gasteiger partial charge < -0.3 is 15.5 Å². The van der Waals surface area contributed by atoms with Gasteiger partial charge in [0.2, 0.25) is 0 Å². The number of nitrogens with zero attached hydrogens (tertiary/aromatic N) is 1. The molecule has 1 heterocycles. The SMILES string of the molecule is CC(O)C(NC(=O)c1ncccc1Br)C(=O)O. The predicted octanol–water partition coefficient (Wildman–Crippen LogP) is 0.408. The monoisotopic (exact) mass is 302 g/mol. The van der Waals surface area contributed by atoms with Gasteiger partial charge in [-0.05, 0) is 35.0 Å². The Bertz CT molecular complexity index is 436. The fraction of sp³-hybridized carbons (Fsp3) is 0.300. The van der Waals surface area contributed by atoms with E-state index in [1.165, 1.54) is 13.1 Å². The molecule has 0 bridgehead atoms. The summed E-state index contributed by atoms with van der Waals surface area (Å²) >= 11 is 3.13. The van der Waals surface area contributed by atoms with Gasteiger partial charge in [-0.3, -0.25) is 4.79 Å². The van der Waals surface area contributed by atoms with Gasteiger partial charge in [0.25, 0.3) is 5.91 Å². The number of carbonyl (C=O) groups excluding carboxylic acids is 1. The predicted molar refractivity (Wildman–Crippen MR) is 62.5 cm³/mol. The Kier molecular flexibility index (Phi) is 4.59. The zero-order chi connectivity index (χ0) is 13.0. The summed E-state index contributed by atoms with van der Waals surface area (Å²) in [5, 5.41) is 20.2. The number of carboxylic acid groups (broad SMARTS) is 1. The van der Waals surface area contributed by atoms with Crippen LogP contribution in [0.1, 0.15) is 17.4 Å². The fourth-order valence-corrected chi connectivity index (χ4v) is 1.59. The largest absolute Gasteiger partial charge is 0.480 e. The van der Waals surface area contributed by atoms with Crippen LogP contribution in [0.4, 0.5) is 0 Å². The number of rotatable bonds is 4. The van der Waals surface area contributed by atoms with Crippen LogP contribution in [0.15, 0.2) is 22.8 Å². The van der Waals surface area contributed by atoms with E-state index in [4.69, 9.17) is 5.11 Å². The molecule has 0 fully saturated rings. The normalized spacial score (nSPS) is 13.8. The van der Waals surface area contributed by atoms with Crippen LogP contribution in [-0.4, -0.2) is 39.2 Å². The van der Waals surface area contributed by atoms with E-state index >= 15 is 0 Å². The molecule has 1 rings (SSSR count). The number of aliphatic hydroxyl groups excluding tert-OH is 1. The Hall–Kier alpha value is -1.47. The summed E-state index contributed by atoms with van der Waals surface area (Å²) in [6.07, 6.45) is 0.219. The molecule has 92 valence electrons. The van der Waals surface area contributed by atoms with Gasteiger partial charge in [-0.15, -0.1) is 0 Å². The molecule has 0 aromatic carbocycles. The molecule has 7 heteroatoms. The van der Waals surface area contributed by atoms with Crippen molar-refractivity contribution < 1.29 is 19.8 Å². The Labute approximate surface area is 106 Å². The summed E-state index contributed by atoms with van der Waals surface area (Å²) < 4.78 is 0.451. The fourth-order valence-electron chi connectivity index (χ4n) is 1.15. The molecule has 0 aliphatic rings. The second-order valence-corrected chi connectivity index (χ2v) is 4.22. The number of nitrogens with one attached hydrogen (secondary N) is 1. The number of aliphatic carboxylic acids is 1. The van der Waals surface area contributed by atoms with E-state index in [9.17, 15) is 14.7 Å². The molecule has 0 aliphatic carbocycles. The zero-order valence-corrected chi connectivity index (χ0v) is 10.5. The maximum Gasteiger partial charge on any atom is 0.328 e. The molecule has 6 nitrogen and oxygen atoms in total. The van der Waals surface area contributed by atoms with E-state index in [0.717, 1.165) is 0 Å². The molecule has 1 amide bonds. The second-order valence-electron chi connectivity index (χ2n) is 3.36. The average molecular weight is 303 g/mol. The van der Waals surface area contributed by atoms with Gasteiger partial charge in [-0.1, -0.05) is 0 Å². The van der Waals surface area contributed by atoms with Crippen molar-refractivity contribution in [3.8, 4) is 0 Å². The number of hydrogen-bond acceptors (Lipinski definition) is 4. The van der Waals surface area contributed by atoms with Crippen molar-refractivity contribution in [2.24, 2.45) is 0 Å². The highest BCUT2D eigenvalue weighted by molar-refractivity contribution is 9.10. The van der Waals surface area contributed by atoms with Crippen LogP contribution >= 0.6 is 15.9 Å². The Morgan fingerprint density at radius 1 is 1.53 bits per heavy atom. The Balaban J connectivity index is 2.85. The molecule has 0 spiro atoms. The first-order chi connectivity index (χ1) is 7.93. The molecule has 0 radical (unpaired) electrons. The number of pyridine rings is 1. The second kappa shape index (κ2) is 5.74. The van der Waals surface area contributed by atoms with Crippen molar-refractivity contribution in [2.75, 3.05) is 0 Å². The molecule has 1 aromatic heterocycles. The van der Waals surface area contributed by atoms with Gasteiger partial charge in [0.1, 0.15) is 5.69 Å². The third kappa shape index (κ3) is 3.50. The minimum Gasteiger partial charge on any atom is -0.480 e. The summed E-state index contributed by atoms with van der Waals surface area (Å²) in [6.45, 7) is 1.28. The summed E-state index contributed by atoms with van der Waals surface area (Å²) in [5.74, 6) is -1.97. The summed E-state index contributed by atoms with van der Waals surface area (Å²) in [6, 6.07) is 1.88. The van der Waals surface area contributed by atoms with Gasteiger partial charge in [0, 0.05) is 10.7 Å². The van der Waals surface area contributed by atoms with Crippen LogP contribution in [0.3, 0.4) is 0 Å². The van der Waals surface area contributed by atoms with Crippen LogP contribution in [0.2, 0.25) is 0 Å². The van der Waals surface area contributed by atoms with Crippen LogP contribution in [0, 0.1) is 0 Å². The lowest BCUT2D eigenvalue weighted by Gasteiger charge is -2.16. The van der Waals surface area contributed by atoms with Gasteiger partial charge in [0.05, 0.1) is 6.10 Å². The number of amides is 1. The van der Waals surface area contributed by atoms with E-state index in [0.29, 0.717) is 4.47 Å². The lowest BCUT2D eigenvalue weighted by atomic mass is 10.2. The molecule has 0 saturated carbocycles. The van der Waals surface area contributed by atoms with Crippen molar-refractivity contribution in [2.45, 2.75) is 19.1 Å².